The van der Waals surface area contributed by atoms with Gasteiger partial charge in [-0.15, -0.1) is 0 Å². The third-order valence-electron chi connectivity index (χ3n) is 3.31. The number of methoxy groups -OCH3 is 1. The van der Waals surface area contributed by atoms with Crippen molar-refractivity contribution in [1.82, 2.24) is 10.3 Å². The van der Waals surface area contributed by atoms with Gasteiger partial charge in [-0.25, -0.2) is 0 Å². The molecule has 0 fully saturated rings. The average molecular weight is 272 g/mol. The fourth-order valence-corrected chi connectivity index (χ4v) is 2.10. The van der Waals surface area contributed by atoms with Crippen molar-refractivity contribution < 1.29 is 9.84 Å². The smallest absolute Gasteiger partial charge is 0.120 e. The number of hydrogen-bond acceptors (Lipinski definition) is 4. The van der Waals surface area contributed by atoms with Crippen molar-refractivity contribution in [2.75, 3.05) is 13.7 Å². The molecule has 2 rings (SSSR count). The Morgan fingerprint density at radius 1 is 1.25 bits per heavy atom. The first-order chi connectivity index (χ1) is 9.70. The SMILES string of the molecule is COc1ccc(O)c(C(C)NCCc2ccncc2)c1. The Hall–Kier alpha value is -2.07. The van der Waals surface area contributed by atoms with E-state index in [4.69, 9.17) is 4.74 Å². The lowest BCUT2D eigenvalue weighted by Crippen LogP contribution is -2.21. The van der Waals surface area contributed by atoms with Crippen LogP contribution >= 0.6 is 0 Å². The van der Waals surface area contributed by atoms with Gasteiger partial charge in [0, 0.05) is 24.0 Å². The number of aromatic hydroxyl groups is 1. The van der Waals surface area contributed by atoms with Crippen molar-refractivity contribution >= 4 is 0 Å². The molecule has 1 aromatic heterocycles. The molecule has 0 aliphatic carbocycles. The van der Waals surface area contributed by atoms with Crippen molar-refractivity contribution in [2.45, 2.75) is 19.4 Å². The number of pyridine rings is 1. The van der Waals surface area contributed by atoms with E-state index in [2.05, 4.69) is 10.3 Å². The van der Waals surface area contributed by atoms with Gasteiger partial charge in [0.1, 0.15) is 11.5 Å². The van der Waals surface area contributed by atoms with Crippen LogP contribution in [-0.2, 0) is 6.42 Å². The highest BCUT2D eigenvalue weighted by molar-refractivity contribution is 5.41. The molecular formula is C16H20N2O2. The number of rotatable bonds is 6. The normalized spacial score (nSPS) is 12.1. The topological polar surface area (TPSA) is 54.4 Å². The van der Waals surface area contributed by atoms with Crippen LogP contribution in [-0.4, -0.2) is 23.7 Å². The van der Waals surface area contributed by atoms with Gasteiger partial charge in [0.25, 0.3) is 0 Å². The summed E-state index contributed by atoms with van der Waals surface area (Å²) in [6.07, 6.45) is 4.52. The van der Waals surface area contributed by atoms with E-state index in [0.29, 0.717) is 0 Å². The van der Waals surface area contributed by atoms with Gasteiger partial charge in [0.05, 0.1) is 7.11 Å². The first-order valence-corrected chi connectivity index (χ1v) is 6.70. The number of benzene rings is 1. The first-order valence-electron chi connectivity index (χ1n) is 6.70. The van der Waals surface area contributed by atoms with Crippen LogP contribution in [0.15, 0.2) is 42.7 Å². The van der Waals surface area contributed by atoms with E-state index in [-0.39, 0.29) is 11.8 Å². The Balaban J connectivity index is 1.93. The van der Waals surface area contributed by atoms with Crippen LogP contribution in [0.3, 0.4) is 0 Å². The van der Waals surface area contributed by atoms with E-state index in [1.54, 1.807) is 31.6 Å². The monoisotopic (exact) mass is 272 g/mol. The molecule has 4 heteroatoms. The van der Waals surface area contributed by atoms with Crippen LogP contribution in [0.2, 0.25) is 0 Å². The van der Waals surface area contributed by atoms with Crippen LogP contribution in [0.25, 0.3) is 0 Å². The second-order valence-electron chi connectivity index (χ2n) is 4.71. The van der Waals surface area contributed by atoms with Gasteiger partial charge >= 0.3 is 0 Å². The zero-order valence-corrected chi connectivity index (χ0v) is 11.8. The molecular weight excluding hydrogens is 252 g/mol. The number of nitrogens with zero attached hydrogens (tertiary/aromatic N) is 1. The lowest BCUT2D eigenvalue weighted by Gasteiger charge is -2.16. The number of phenols is 1. The lowest BCUT2D eigenvalue weighted by molar-refractivity contribution is 0.407. The molecule has 0 aliphatic heterocycles. The summed E-state index contributed by atoms with van der Waals surface area (Å²) in [5.41, 5.74) is 2.09. The minimum absolute atomic E-state index is 0.0620. The van der Waals surface area contributed by atoms with Crippen molar-refractivity contribution in [3.63, 3.8) is 0 Å². The zero-order valence-electron chi connectivity index (χ0n) is 11.8. The molecule has 0 bridgehead atoms. The summed E-state index contributed by atoms with van der Waals surface area (Å²) in [5.74, 6) is 1.04. The molecule has 0 saturated carbocycles. The third-order valence-corrected chi connectivity index (χ3v) is 3.31. The first kappa shape index (κ1) is 14.3. The van der Waals surface area contributed by atoms with Gasteiger partial charge in [0.2, 0.25) is 0 Å². The summed E-state index contributed by atoms with van der Waals surface area (Å²) in [6.45, 7) is 2.86. The van der Waals surface area contributed by atoms with Gasteiger partial charge in [-0.2, -0.15) is 0 Å². The molecule has 4 nitrogen and oxygen atoms in total. The summed E-state index contributed by atoms with van der Waals surface area (Å²) in [6, 6.07) is 9.36. The average Bonchev–Trinajstić information content (AvgIpc) is 2.48. The largest absolute Gasteiger partial charge is 0.508 e. The molecule has 1 atom stereocenters. The molecule has 1 aromatic carbocycles. The molecule has 0 radical (unpaired) electrons. The van der Waals surface area contributed by atoms with E-state index in [1.165, 1.54) is 5.56 Å². The molecule has 2 aromatic rings. The molecule has 0 saturated heterocycles. The highest BCUT2D eigenvalue weighted by Crippen LogP contribution is 2.28. The van der Waals surface area contributed by atoms with E-state index in [0.717, 1.165) is 24.3 Å². The second-order valence-corrected chi connectivity index (χ2v) is 4.71. The van der Waals surface area contributed by atoms with Crippen LogP contribution in [0.5, 0.6) is 11.5 Å². The minimum Gasteiger partial charge on any atom is -0.508 e. The summed E-state index contributed by atoms with van der Waals surface area (Å²) >= 11 is 0. The van der Waals surface area contributed by atoms with E-state index in [1.807, 2.05) is 25.1 Å². The number of aromatic nitrogens is 1. The highest BCUT2D eigenvalue weighted by atomic mass is 16.5. The second kappa shape index (κ2) is 6.91. The Labute approximate surface area is 119 Å². The fourth-order valence-electron chi connectivity index (χ4n) is 2.10. The zero-order chi connectivity index (χ0) is 14.4. The Morgan fingerprint density at radius 3 is 2.70 bits per heavy atom. The van der Waals surface area contributed by atoms with Crippen molar-refractivity contribution in [1.29, 1.82) is 0 Å². The molecule has 0 amide bonds. The number of phenolic OH excluding ortho intramolecular Hbond substituents is 1. The van der Waals surface area contributed by atoms with E-state index in [9.17, 15) is 5.11 Å². The maximum atomic E-state index is 9.91. The van der Waals surface area contributed by atoms with E-state index < -0.39 is 0 Å². The summed E-state index contributed by atoms with van der Waals surface area (Å²) < 4.78 is 5.19. The standard InChI is InChI=1S/C16H20N2O2/c1-12(15-11-14(20-2)3-4-16(15)19)18-10-7-13-5-8-17-9-6-13/h3-6,8-9,11-12,18-19H,7,10H2,1-2H3. The number of nitrogens with one attached hydrogen (secondary N) is 1. The fraction of sp³-hybridized carbons (Fsp3) is 0.312. The van der Waals surface area contributed by atoms with Gasteiger partial charge < -0.3 is 15.2 Å². The molecule has 1 heterocycles. The molecule has 106 valence electrons. The number of hydrogen-bond donors (Lipinski definition) is 2. The minimum atomic E-state index is 0.0620. The van der Waals surface area contributed by atoms with Crippen LogP contribution < -0.4 is 10.1 Å². The van der Waals surface area contributed by atoms with Gasteiger partial charge in [-0.3, -0.25) is 4.98 Å². The maximum absolute atomic E-state index is 9.91. The van der Waals surface area contributed by atoms with Crippen molar-refractivity contribution in [3.8, 4) is 11.5 Å². The van der Waals surface area contributed by atoms with Crippen molar-refractivity contribution in [3.05, 3.63) is 53.9 Å². The predicted octanol–water partition coefficient (Wildman–Crippen LogP) is 2.69. The maximum Gasteiger partial charge on any atom is 0.120 e. The predicted molar refractivity (Wildman–Crippen MR) is 79.0 cm³/mol. The number of ether oxygens (including phenoxy) is 1. The third kappa shape index (κ3) is 3.71. The van der Waals surface area contributed by atoms with Crippen LogP contribution in [0, 0.1) is 0 Å². The summed E-state index contributed by atoms with van der Waals surface area (Å²) in [4.78, 5) is 4.00. The molecule has 1 unspecified atom stereocenters. The Kier molecular flexibility index (Phi) is 4.96. The Morgan fingerprint density at radius 2 is 2.00 bits per heavy atom. The van der Waals surface area contributed by atoms with Gasteiger partial charge in [-0.05, 0) is 55.8 Å². The highest BCUT2D eigenvalue weighted by Gasteiger charge is 2.10. The van der Waals surface area contributed by atoms with E-state index >= 15 is 0 Å². The van der Waals surface area contributed by atoms with Crippen LogP contribution in [0.1, 0.15) is 24.1 Å². The van der Waals surface area contributed by atoms with Gasteiger partial charge in [0.15, 0.2) is 0 Å². The summed E-state index contributed by atoms with van der Waals surface area (Å²) in [7, 11) is 1.62. The molecule has 0 aliphatic rings. The van der Waals surface area contributed by atoms with Crippen LogP contribution in [0.4, 0.5) is 0 Å². The molecule has 20 heavy (non-hydrogen) atoms. The molecule has 0 spiro atoms. The molecule has 2 N–H and O–H groups in total. The van der Waals surface area contributed by atoms with Gasteiger partial charge in [-0.1, -0.05) is 0 Å². The quantitative estimate of drug-likeness (QED) is 0.849. The lowest BCUT2D eigenvalue weighted by atomic mass is 10.1. The van der Waals surface area contributed by atoms with Crippen molar-refractivity contribution in [2.24, 2.45) is 0 Å². The Bertz CT molecular complexity index is 543. The summed E-state index contributed by atoms with van der Waals surface area (Å²) in [5, 5.41) is 13.3.